The number of rotatable bonds is 14. The van der Waals surface area contributed by atoms with Gasteiger partial charge in [-0.05, 0) is 40.5 Å². The molecule has 4 radical (unpaired) electrons. The zero-order valence-electron chi connectivity index (χ0n) is 25.5. The summed E-state index contributed by atoms with van der Waals surface area (Å²) < 4.78 is 38.6. The van der Waals surface area contributed by atoms with E-state index < -0.39 is 42.4 Å². The van der Waals surface area contributed by atoms with Crippen LogP contribution in [0.3, 0.4) is 0 Å². The molecule has 13 heteroatoms. The minimum absolute atomic E-state index is 0. The molecule has 0 aromatic carbocycles. The molecule has 2 aliphatic heterocycles. The van der Waals surface area contributed by atoms with Gasteiger partial charge in [0.15, 0.2) is 6.10 Å². The molecule has 2 N–H and O–H groups in total. The molecule has 0 aliphatic carbocycles. The van der Waals surface area contributed by atoms with Crippen LogP contribution in [0.4, 0.5) is 0 Å². The maximum atomic E-state index is 12.0. The Labute approximate surface area is 249 Å². The molecule has 2 saturated heterocycles. The third-order valence-corrected chi connectivity index (χ3v) is 7.44. The number of hydrogen-bond acceptors (Lipinski definition) is 10. The molecule has 41 heavy (non-hydrogen) atoms. The quantitative estimate of drug-likeness (QED) is 0.229. The maximum absolute atomic E-state index is 12.0. The van der Waals surface area contributed by atoms with Gasteiger partial charge in [0.25, 0.3) is 0 Å². The summed E-state index contributed by atoms with van der Waals surface area (Å²) in [5, 5.41) is 12.4. The average molecular weight is 585 g/mol. The highest BCUT2D eigenvalue weighted by Gasteiger charge is 2.45. The van der Waals surface area contributed by atoms with Crippen molar-refractivity contribution in [3.63, 3.8) is 0 Å². The lowest BCUT2D eigenvalue weighted by Crippen LogP contribution is -2.43. The van der Waals surface area contributed by atoms with Crippen LogP contribution >= 0.6 is 0 Å². The predicted octanol–water partition coefficient (Wildman–Crippen LogP) is 1.63. The van der Waals surface area contributed by atoms with E-state index in [1.807, 2.05) is 41.5 Å². The lowest BCUT2D eigenvalue weighted by Gasteiger charge is -2.29. The number of aliphatic hydroxyl groups is 1. The van der Waals surface area contributed by atoms with Crippen molar-refractivity contribution in [3.8, 4) is 0 Å². The van der Waals surface area contributed by atoms with E-state index in [0.717, 1.165) is 6.42 Å². The van der Waals surface area contributed by atoms with E-state index in [0.29, 0.717) is 6.42 Å². The van der Waals surface area contributed by atoms with Crippen molar-refractivity contribution in [1.82, 2.24) is 5.32 Å². The number of ether oxygens (including phenoxy) is 7. The summed E-state index contributed by atoms with van der Waals surface area (Å²) in [4.78, 5) is 23.3. The highest BCUT2D eigenvalue weighted by molar-refractivity contribution is 6.12. The summed E-state index contributed by atoms with van der Waals surface area (Å²) >= 11 is 0. The Hall–Kier alpha value is -1.21. The van der Waals surface area contributed by atoms with Gasteiger partial charge in [-0.15, -0.1) is 0 Å². The second-order valence-electron chi connectivity index (χ2n) is 10.2. The Morgan fingerprint density at radius 2 is 1.27 bits per heavy atom. The molecule has 0 spiro atoms. The van der Waals surface area contributed by atoms with Crippen LogP contribution in [0.2, 0.25) is 0 Å². The van der Waals surface area contributed by atoms with Crippen LogP contribution in [0.25, 0.3) is 0 Å². The first-order valence-corrected chi connectivity index (χ1v) is 14.1. The molecule has 236 valence electrons. The number of aliphatic hydroxyl groups excluding tert-OH is 1. The number of carbonyl (C=O) groups is 2. The van der Waals surface area contributed by atoms with Crippen molar-refractivity contribution >= 4 is 27.6 Å². The number of hydrogen-bond donors (Lipinski definition) is 2. The molecular formula is C28H53B2NO10. The van der Waals surface area contributed by atoms with Crippen molar-refractivity contribution in [2.45, 2.75) is 148 Å². The zero-order valence-corrected chi connectivity index (χ0v) is 25.5. The lowest BCUT2D eigenvalue weighted by molar-refractivity contribution is -0.163. The standard InChI is InChI=1S/C16H28BNO6.C11H21BO4.CH4/c1-6-11-14(24-13(20)8-7-12(19)18-4)15(16(17)23-11)22-10(3)9(2)21-5;1-5-8-9(13)10(11(12)16-8)15-7(3)6(2)14-4;/h9-11,14-16H,6-8H2,1-5H3,(H,18,19);6-11,13H,5H2,1-4H3;1H4/t9-,10+,11+,14?,15-,16+;6-,7+,8+,9?,10-,11+;/m00./s1. The Morgan fingerprint density at radius 1 is 0.805 bits per heavy atom. The molecule has 2 unspecified atom stereocenters. The van der Waals surface area contributed by atoms with E-state index in [1.165, 1.54) is 7.05 Å². The normalized spacial score (nSPS) is 32.0. The summed E-state index contributed by atoms with van der Waals surface area (Å²) in [7, 11) is 16.5. The summed E-state index contributed by atoms with van der Waals surface area (Å²) in [6, 6.07) is -1.25. The van der Waals surface area contributed by atoms with Crippen molar-refractivity contribution < 1.29 is 47.9 Å². The van der Waals surface area contributed by atoms with Crippen LogP contribution in [0.5, 0.6) is 0 Å². The van der Waals surface area contributed by atoms with Crippen LogP contribution in [0, 0.1) is 0 Å². The van der Waals surface area contributed by atoms with Gasteiger partial charge in [0, 0.05) is 39.7 Å². The fourth-order valence-corrected chi connectivity index (χ4v) is 4.29. The van der Waals surface area contributed by atoms with Gasteiger partial charge in [-0.1, -0.05) is 21.3 Å². The molecule has 12 atom stereocenters. The van der Waals surface area contributed by atoms with Gasteiger partial charge in [-0.25, -0.2) is 0 Å². The topological polar surface area (TPSA) is 131 Å². The molecule has 2 fully saturated rings. The first-order valence-electron chi connectivity index (χ1n) is 14.1. The van der Waals surface area contributed by atoms with Gasteiger partial charge in [0.2, 0.25) is 5.91 Å². The van der Waals surface area contributed by atoms with Crippen molar-refractivity contribution in [2.24, 2.45) is 0 Å². The number of amides is 1. The predicted molar refractivity (Wildman–Crippen MR) is 157 cm³/mol. The van der Waals surface area contributed by atoms with E-state index in [9.17, 15) is 14.7 Å². The molecule has 0 bridgehead atoms. The maximum Gasteiger partial charge on any atom is 0.306 e. The largest absolute Gasteiger partial charge is 0.457 e. The SMILES string of the molecule is C.[B][C@@H]1O[C@H](CC)C(O)[C@@H]1O[C@H](C)[C@H](C)OC.[B][C@@H]1O[C@H](CC)C(OC(=O)CCC(=O)NC)[C@@H]1O[C@H](C)[C@H](C)OC. The zero-order chi connectivity index (χ0) is 30.6. The molecular weight excluding hydrogens is 532 g/mol. The monoisotopic (exact) mass is 585 g/mol. The highest BCUT2D eigenvalue weighted by atomic mass is 16.6. The Bertz CT molecular complexity index is 751. The molecule has 0 saturated carbocycles. The van der Waals surface area contributed by atoms with Crippen LogP contribution in [-0.2, 0) is 42.7 Å². The van der Waals surface area contributed by atoms with Crippen LogP contribution in [0.1, 0.15) is 74.7 Å². The molecule has 2 heterocycles. The van der Waals surface area contributed by atoms with E-state index in [-0.39, 0.29) is 62.8 Å². The first kappa shape index (κ1) is 39.8. The second-order valence-corrected chi connectivity index (χ2v) is 10.2. The van der Waals surface area contributed by atoms with Crippen molar-refractivity contribution in [1.29, 1.82) is 0 Å². The van der Waals surface area contributed by atoms with Gasteiger partial charge in [0.1, 0.15) is 34.0 Å². The summed E-state index contributed by atoms with van der Waals surface area (Å²) in [6.07, 6.45) is -1.99. The molecule has 0 aromatic rings. The molecule has 0 aromatic heterocycles. The minimum Gasteiger partial charge on any atom is -0.457 e. The average Bonchev–Trinajstić information content (AvgIpc) is 3.39. The fraction of sp³-hybridized carbons (Fsp3) is 0.929. The third-order valence-electron chi connectivity index (χ3n) is 7.44. The number of nitrogens with one attached hydrogen (secondary N) is 1. The van der Waals surface area contributed by atoms with Crippen LogP contribution in [0.15, 0.2) is 0 Å². The molecule has 11 nitrogen and oxygen atoms in total. The Balaban J connectivity index is 0.000000821. The molecule has 2 rings (SSSR count). The van der Waals surface area contributed by atoms with Crippen LogP contribution < -0.4 is 5.32 Å². The van der Waals surface area contributed by atoms with Gasteiger partial charge in [0.05, 0.1) is 43.0 Å². The number of carbonyl (C=O) groups excluding carboxylic acids is 2. The fourth-order valence-electron chi connectivity index (χ4n) is 4.29. The van der Waals surface area contributed by atoms with Gasteiger partial charge in [-0.3, -0.25) is 9.59 Å². The van der Waals surface area contributed by atoms with Crippen LogP contribution in [-0.4, -0.2) is 127 Å². The van der Waals surface area contributed by atoms with Gasteiger partial charge < -0.3 is 43.6 Å². The van der Waals surface area contributed by atoms with Gasteiger partial charge in [-0.2, -0.15) is 0 Å². The smallest absolute Gasteiger partial charge is 0.306 e. The van der Waals surface area contributed by atoms with E-state index in [2.05, 4.69) is 5.32 Å². The highest BCUT2D eigenvalue weighted by Crippen LogP contribution is 2.29. The third kappa shape index (κ3) is 12.1. The minimum atomic E-state index is -0.682. The van der Waals surface area contributed by atoms with Crippen molar-refractivity contribution in [2.75, 3.05) is 21.3 Å². The van der Waals surface area contributed by atoms with Gasteiger partial charge >= 0.3 is 5.97 Å². The molecule has 1 amide bonds. The summed E-state index contributed by atoms with van der Waals surface area (Å²) in [5.74, 6) is -0.686. The van der Waals surface area contributed by atoms with E-state index >= 15 is 0 Å². The Kier molecular flexibility index (Phi) is 19.3. The van der Waals surface area contributed by atoms with Crippen molar-refractivity contribution in [3.05, 3.63) is 0 Å². The Morgan fingerprint density at radius 3 is 1.71 bits per heavy atom. The van der Waals surface area contributed by atoms with E-state index in [1.54, 1.807) is 14.2 Å². The second kappa shape index (κ2) is 19.9. The number of esters is 1. The summed E-state index contributed by atoms with van der Waals surface area (Å²) in [5.41, 5.74) is 0. The summed E-state index contributed by atoms with van der Waals surface area (Å²) in [6.45, 7) is 11.4. The number of methoxy groups -OCH3 is 2. The lowest BCUT2D eigenvalue weighted by atomic mass is 9.92. The van der Waals surface area contributed by atoms with E-state index in [4.69, 9.17) is 48.9 Å². The molecule has 2 aliphatic rings. The first-order chi connectivity index (χ1) is 18.8.